The van der Waals surface area contributed by atoms with Crippen molar-refractivity contribution in [2.45, 2.75) is 51.6 Å². The maximum absolute atomic E-state index is 9.25. The van der Waals surface area contributed by atoms with Gasteiger partial charge >= 0.3 is 0 Å². The normalized spacial score (nSPS) is 12.4. The minimum Gasteiger partial charge on any atom is -0.394 e. The monoisotopic (exact) mass is 265 g/mol. The van der Waals surface area contributed by atoms with Crippen molar-refractivity contribution in [1.82, 2.24) is 0 Å². The van der Waals surface area contributed by atoms with Gasteiger partial charge < -0.3 is 15.5 Å². The summed E-state index contributed by atoms with van der Waals surface area (Å²) in [6.45, 7) is 2.41. The molecular weight excluding hydrogens is 238 g/mol. The molecule has 108 valence electrons. The number of aliphatic hydroxyl groups is 2. The Kier molecular flexibility index (Phi) is 8.26. The molecule has 0 spiro atoms. The maximum atomic E-state index is 9.25. The third-order valence-electron chi connectivity index (χ3n) is 3.28. The number of unbranched alkanes of at least 4 members (excludes halogenated alkanes) is 4. The molecule has 3 nitrogen and oxygen atoms in total. The summed E-state index contributed by atoms with van der Waals surface area (Å²) in [6.07, 6.45) is 7.00. The van der Waals surface area contributed by atoms with Gasteiger partial charge in [0.1, 0.15) is 0 Å². The van der Waals surface area contributed by atoms with Gasteiger partial charge in [-0.15, -0.1) is 0 Å². The molecule has 0 aliphatic heterocycles. The van der Waals surface area contributed by atoms with Crippen LogP contribution in [0.15, 0.2) is 24.3 Å². The molecule has 0 saturated heterocycles. The molecule has 0 saturated carbocycles. The van der Waals surface area contributed by atoms with Crippen LogP contribution in [0.2, 0.25) is 0 Å². The third-order valence-corrected chi connectivity index (χ3v) is 3.28. The summed E-state index contributed by atoms with van der Waals surface area (Å²) in [5.41, 5.74) is 2.35. The predicted molar refractivity (Wildman–Crippen MR) is 80.5 cm³/mol. The molecule has 19 heavy (non-hydrogen) atoms. The van der Waals surface area contributed by atoms with Crippen LogP contribution in [0.3, 0.4) is 0 Å². The van der Waals surface area contributed by atoms with E-state index in [1.807, 2.05) is 12.1 Å². The highest BCUT2D eigenvalue weighted by molar-refractivity contribution is 5.44. The van der Waals surface area contributed by atoms with Crippen LogP contribution in [-0.4, -0.2) is 29.5 Å². The molecule has 0 amide bonds. The van der Waals surface area contributed by atoms with Crippen LogP contribution in [0, 0.1) is 0 Å². The van der Waals surface area contributed by atoms with E-state index < -0.39 is 6.10 Å². The molecular formula is C16H27NO2. The Bertz CT molecular complexity index is 324. The second kappa shape index (κ2) is 9.82. The summed E-state index contributed by atoms with van der Waals surface area (Å²) in [5.74, 6) is 0. The number of hydrogen-bond acceptors (Lipinski definition) is 3. The summed E-state index contributed by atoms with van der Waals surface area (Å²) in [4.78, 5) is 0. The van der Waals surface area contributed by atoms with Crippen LogP contribution in [0.5, 0.6) is 0 Å². The van der Waals surface area contributed by atoms with Gasteiger partial charge in [0.15, 0.2) is 0 Å². The van der Waals surface area contributed by atoms with E-state index in [0.29, 0.717) is 6.54 Å². The summed E-state index contributed by atoms with van der Waals surface area (Å²) in [6, 6.07) is 8.33. The fraction of sp³-hybridized carbons (Fsp3) is 0.625. The zero-order chi connectivity index (χ0) is 13.9. The minimum absolute atomic E-state index is 0.206. The molecule has 0 fully saturated rings. The van der Waals surface area contributed by atoms with Crippen LogP contribution in [0.1, 0.15) is 44.6 Å². The van der Waals surface area contributed by atoms with Crippen molar-refractivity contribution in [2.24, 2.45) is 0 Å². The number of rotatable bonds is 10. The van der Waals surface area contributed by atoms with Gasteiger partial charge in [0.2, 0.25) is 0 Å². The van der Waals surface area contributed by atoms with Gasteiger partial charge in [-0.1, -0.05) is 44.7 Å². The average Bonchev–Trinajstić information content (AvgIpc) is 2.45. The molecule has 0 bridgehead atoms. The Hall–Kier alpha value is -1.06. The lowest BCUT2D eigenvalue weighted by Gasteiger charge is -2.10. The second-order valence-electron chi connectivity index (χ2n) is 5.08. The molecule has 3 N–H and O–H groups in total. The third kappa shape index (κ3) is 7.19. The Morgan fingerprint density at radius 1 is 1.05 bits per heavy atom. The lowest BCUT2D eigenvalue weighted by Crippen LogP contribution is -2.22. The van der Waals surface area contributed by atoms with E-state index in [1.54, 1.807) is 0 Å². The number of hydrogen-bond donors (Lipinski definition) is 3. The molecule has 1 aromatic rings. The van der Waals surface area contributed by atoms with E-state index in [1.165, 1.54) is 37.7 Å². The van der Waals surface area contributed by atoms with E-state index in [0.717, 1.165) is 12.1 Å². The second-order valence-corrected chi connectivity index (χ2v) is 5.08. The molecule has 0 aliphatic rings. The predicted octanol–water partition coefficient (Wildman–Crippen LogP) is 2.96. The summed E-state index contributed by atoms with van der Waals surface area (Å²) in [7, 11) is 0. The van der Waals surface area contributed by atoms with Gasteiger partial charge in [-0.05, 0) is 30.5 Å². The highest BCUT2D eigenvalue weighted by atomic mass is 16.3. The first-order chi connectivity index (χ1) is 9.26. The zero-order valence-electron chi connectivity index (χ0n) is 11.9. The van der Waals surface area contributed by atoms with Crippen molar-refractivity contribution in [3.8, 4) is 0 Å². The van der Waals surface area contributed by atoms with Gasteiger partial charge in [-0.2, -0.15) is 0 Å². The number of benzene rings is 1. The Labute approximate surface area is 116 Å². The quantitative estimate of drug-likeness (QED) is 0.570. The van der Waals surface area contributed by atoms with E-state index in [2.05, 4.69) is 24.4 Å². The van der Waals surface area contributed by atoms with Crippen molar-refractivity contribution in [2.75, 3.05) is 18.5 Å². The largest absolute Gasteiger partial charge is 0.394 e. The first-order valence-electron chi connectivity index (χ1n) is 7.38. The molecule has 0 aliphatic carbocycles. The summed E-state index contributed by atoms with van der Waals surface area (Å²) < 4.78 is 0. The van der Waals surface area contributed by atoms with Gasteiger partial charge in [-0.25, -0.2) is 0 Å². The van der Waals surface area contributed by atoms with E-state index in [-0.39, 0.29) is 6.61 Å². The van der Waals surface area contributed by atoms with E-state index >= 15 is 0 Å². The highest BCUT2D eigenvalue weighted by Gasteiger charge is 2.01. The van der Waals surface area contributed by atoms with E-state index in [9.17, 15) is 5.11 Å². The molecule has 1 rings (SSSR count). The molecule has 3 heteroatoms. The van der Waals surface area contributed by atoms with Crippen molar-refractivity contribution >= 4 is 5.69 Å². The van der Waals surface area contributed by atoms with E-state index in [4.69, 9.17) is 5.11 Å². The van der Waals surface area contributed by atoms with Crippen LogP contribution in [0.25, 0.3) is 0 Å². The molecule has 0 radical (unpaired) electrons. The van der Waals surface area contributed by atoms with Crippen molar-refractivity contribution < 1.29 is 10.2 Å². The lowest BCUT2D eigenvalue weighted by atomic mass is 10.1. The standard InChI is InChI=1S/C16H27NO2/c1-2-3-4-5-6-7-14-8-10-15(11-9-14)17-12-16(19)13-18/h8-11,16-19H,2-7,12-13H2,1H3. The van der Waals surface area contributed by atoms with Crippen LogP contribution in [-0.2, 0) is 6.42 Å². The molecule has 1 aromatic carbocycles. The Morgan fingerprint density at radius 2 is 1.74 bits per heavy atom. The number of anilines is 1. The summed E-state index contributed by atoms with van der Waals surface area (Å²) in [5, 5.41) is 21.1. The Morgan fingerprint density at radius 3 is 2.37 bits per heavy atom. The molecule has 0 heterocycles. The number of aryl methyl sites for hydroxylation is 1. The topological polar surface area (TPSA) is 52.5 Å². The fourth-order valence-corrected chi connectivity index (χ4v) is 2.02. The van der Waals surface area contributed by atoms with Crippen molar-refractivity contribution in [3.05, 3.63) is 29.8 Å². The first-order valence-corrected chi connectivity index (χ1v) is 7.38. The van der Waals surface area contributed by atoms with Gasteiger partial charge in [0.05, 0.1) is 12.7 Å². The van der Waals surface area contributed by atoms with Gasteiger partial charge in [-0.3, -0.25) is 0 Å². The average molecular weight is 265 g/mol. The summed E-state index contributed by atoms with van der Waals surface area (Å²) >= 11 is 0. The SMILES string of the molecule is CCCCCCCc1ccc(NCC(O)CO)cc1. The number of nitrogens with one attached hydrogen (secondary N) is 1. The maximum Gasteiger partial charge on any atom is 0.0942 e. The molecule has 1 unspecified atom stereocenters. The zero-order valence-corrected chi connectivity index (χ0v) is 11.9. The smallest absolute Gasteiger partial charge is 0.0942 e. The van der Waals surface area contributed by atoms with Crippen molar-refractivity contribution in [1.29, 1.82) is 0 Å². The first kappa shape index (κ1) is 16.0. The highest BCUT2D eigenvalue weighted by Crippen LogP contribution is 2.13. The van der Waals surface area contributed by atoms with Crippen LogP contribution >= 0.6 is 0 Å². The minimum atomic E-state index is -0.696. The van der Waals surface area contributed by atoms with Gasteiger partial charge in [0, 0.05) is 12.2 Å². The molecule has 0 aromatic heterocycles. The Balaban J connectivity index is 2.23. The van der Waals surface area contributed by atoms with Crippen LogP contribution < -0.4 is 5.32 Å². The lowest BCUT2D eigenvalue weighted by molar-refractivity contribution is 0.105. The van der Waals surface area contributed by atoms with Gasteiger partial charge in [0.25, 0.3) is 0 Å². The van der Waals surface area contributed by atoms with Crippen LogP contribution in [0.4, 0.5) is 5.69 Å². The fourth-order valence-electron chi connectivity index (χ4n) is 2.02. The van der Waals surface area contributed by atoms with Crippen molar-refractivity contribution in [3.63, 3.8) is 0 Å². The molecule has 1 atom stereocenters. The number of aliphatic hydroxyl groups excluding tert-OH is 2.